The number of rotatable bonds is 0. The van der Waals surface area contributed by atoms with E-state index >= 15 is 0 Å². The maximum atomic E-state index is 0. The Morgan fingerprint density at radius 2 is 1.00 bits per heavy atom. The summed E-state index contributed by atoms with van der Waals surface area (Å²) in [5, 5.41) is 0. The van der Waals surface area contributed by atoms with E-state index in [0.717, 1.165) is 0 Å². The van der Waals surface area contributed by atoms with Crippen molar-refractivity contribution in [1.82, 2.24) is 0 Å². The molecule has 0 spiro atoms. The van der Waals surface area contributed by atoms with Crippen LogP contribution >= 0.6 is 12.4 Å². The molecule has 4 heteroatoms. The molecule has 4 heavy (non-hydrogen) atoms. The number of hydrogen-bond acceptors (Lipinski definition) is 0. The van der Waals surface area contributed by atoms with Crippen LogP contribution in [-0.4, -0.2) is 73.1 Å². The van der Waals surface area contributed by atoms with Crippen molar-refractivity contribution < 1.29 is 0 Å². The minimum atomic E-state index is 0. The second-order valence-electron chi connectivity index (χ2n) is 0. The van der Waals surface area contributed by atoms with Crippen LogP contribution in [0.15, 0.2) is 0 Å². The first-order chi connectivity index (χ1) is 0. The molecule has 0 nitrogen and oxygen atoms in total. The molecule has 0 bridgehead atoms. The fraction of sp³-hybridized carbons (Fsp3) is 0. The molecule has 0 saturated carbocycles. The fourth-order valence-corrected chi connectivity index (χ4v) is 0. The summed E-state index contributed by atoms with van der Waals surface area (Å²) in [5.41, 5.74) is 0. The monoisotopic (exact) mass is 302 g/mol. The Bertz CT molecular complexity index is 8.00. The molecular formula is H8AlBiClNa. The minimum absolute atomic E-state index is 0. The summed E-state index contributed by atoms with van der Waals surface area (Å²) in [4.78, 5) is 0. The molecule has 0 atom stereocenters. The van der Waals surface area contributed by atoms with Gasteiger partial charge in [-0.2, -0.15) is 0 Å². The Morgan fingerprint density at radius 3 is 1.00 bits per heavy atom. The van der Waals surface area contributed by atoms with Gasteiger partial charge in [0.15, 0.2) is 17.4 Å². The molecular weight excluding hydrogens is 294 g/mol. The van der Waals surface area contributed by atoms with Crippen LogP contribution in [0.1, 0.15) is 0 Å². The standard InChI is InChI=1S/Al.Bi.ClH.Na.7H/h;;1H;;;;;;;;. The third-order valence-electron chi connectivity index (χ3n) is 0. The summed E-state index contributed by atoms with van der Waals surface area (Å²) < 4.78 is 0. The van der Waals surface area contributed by atoms with Crippen LogP contribution in [0, 0.1) is 0 Å². The van der Waals surface area contributed by atoms with Crippen molar-refractivity contribution in [2.75, 3.05) is 0 Å². The Kier molecular flexibility index (Phi) is 129. The van der Waals surface area contributed by atoms with Crippen molar-refractivity contribution in [1.29, 1.82) is 0 Å². The molecule has 0 aromatic rings. The molecule has 0 aliphatic carbocycles. The zero-order chi connectivity index (χ0) is 0. The zero-order valence-electron chi connectivity index (χ0n) is 1.12. The Labute approximate surface area is 84.1 Å². The normalized spacial score (nSPS) is 0. The van der Waals surface area contributed by atoms with Crippen LogP contribution in [-0.2, 0) is 0 Å². The van der Waals surface area contributed by atoms with Crippen molar-refractivity contribution >= 4 is 85.5 Å². The molecule has 0 heterocycles. The molecule has 0 amide bonds. The van der Waals surface area contributed by atoms with Gasteiger partial charge in [-0.15, -0.1) is 12.4 Å². The van der Waals surface area contributed by atoms with E-state index in [0.29, 0.717) is 0 Å². The van der Waals surface area contributed by atoms with E-state index in [9.17, 15) is 0 Å². The van der Waals surface area contributed by atoms with Crippen molar-refractivity contribution in [3.63, 3.8) is 0 Å². The molecule has 0 aliphatic rings. The van der Waals surface area contributed by atoms with E-state index in [4.69, 9.17) is 0 Å². The van der Waals surface area contributed by atoms with Gasteiger partial charge in [0, 0.05) is 0 Å². The van der Waals surface area contributed by atoms with E-state index in [1.54, 1.807) is 0 Å². The topological polar surface area (TPSA) is 0 Å². The van der Waals surface area contributed by atoms with Crippen LogP contribution in [0.4, 0.5) is 0 Å². The Balaban J connectivity index is 0. The molecule has 0 radical (unpaired) electrons. The van der Waals surface area contributed by atoms with Crippen molar-refractivity contribution in [2.24, 2.45) is 0 Å². The van der Waals surface area contributed by atoms with Crippen LogP contribution in [0.3, 0.4) is 0 Å². The fourth-order valence-electron chi connectivity index (χ4n) is 0. The maximum absolute atomic E-state index is 0. The van der Waals surface area contributed by atoms with Crippen molar-refractivity contribution in [2.45, 2.75) is 0 Å². The second-order valence-corrected chi connectivity index (χ2v) is 0. The van der Waals surface area contributed by atoms with Crippen LogP contribution < -0.4 is 0 Å². The predicted octanol–water partition coefficient (Wildman–Crippen LogP) is -2.59. The van der Waals surface area contributed by atoms with E-state index < -0.39 is 0 Å². The average Bonchev–Trinajstić information content (AvgIpc) is 0. The first-order valence-corrected chi connectivity index (χ1v) is 0. The molecule has 0 aliphatic heterocycles. The van der Waals surface area contributed by atoms with Gasteiger partial charge >= 0.3 is 55.8 Å². The molecule has 0 N–H and O–H groups in total. The van der Waals surface area contributed by atoms with Gasteiger partial charge in [-0.05, 0) is 0 Å². The third-order valence-corrected chi connectivity index (χ3v) is 0. The van der Waals surface area contributed by atoms with Gasteiger partial charge in [0.1, 0.15) is 0 Å². The second kappa shape index (κ2) is 17.3. The van der Waals surface area contributed by atoms with E-state index in [-0.39, 0.29) is 85.5 Å². The Morgan fingerprint density at radius 1 is 1.00 bits per heavy atom. The molecule has 0 rings (SSSR count). The van der Waals surface area contributed by atoms with E-state index in [1.807, 2.05) is 0 Å². The molecule has 0 saturated heterocycles. The van der Waals surface area contributed by atoms with Gasteiger partial charge in [0.05, 0.1) is 0 Å². The van der Waals surface area contributed by atoms with Gasteiger partial charge in [-0.25, -0.2) is 0 Å². The Hall–Kier alpha value is 2.71. The van der Waals surface area contributed by atoms with Gasteiger partial charge in [0.2, 0.25) is 0 Å². The number of halogens is 1. The molecule has 0 aromatic carbocycles. The van der Waals surface area contributed by atoms with Crippen LogP contribution in [0.25, 0.3) is 0 Å². The summed E-state index contributed by atoms with van der Waals surface area (Å²) in [6, 6.07) is 0. The first-order valence-electron chi connectivity index (χ1n) is 0. The zero-order valence-corrected chi connectivity index (χ0v) is 7.43. The van der Waals surface area contributed by atoms with Crippen LogP contribution in [0.5, 0.6) is 0 Å². The first kappa shape index (κ1) is 29.8. The summed E-state index contributed by atoms with van der Waals surface area (Å²) in [6.45, 7) is 0. The van der Waals surface area contributed by atoms with Gasteiger partial charge in [0.25, 0.3) is 0 Å². The quantitative estimate of drug-likeness (QED) is 0.431. The molecule has 24 valence electrons. The summed E-state index contributed by atoms with van der Waals surface area (Å²) >= 11 is 0. The molecule has 0 aromatic heterocycles. The predicted molar refractivity (Wildman–Crippen MR) is 34.3 cm³/mol. The van der Waals surface area contributed by atoms with Crippen molar-refractivity contribution in [3.05, 3.63) is 0 Å². The summed E-state index contributed by atoms with van der Waals surface area (Å²) in [6.07, 6.45) is 0. The van der Waals surface area contributed by atoms with E-state index in [1.165, 1.54) is 0 Å². The molecule has 0 fully saturated rings. The molecule has 0 unspecified atom stereocenters. The van der Waals surface area contributed by atoms with Gasteiger partial charge in [-0.1, -0.05) is 0 Å². The number of hydrogen-bond donors (Lipinski definition) is 0. The SMILES string of the molecule is Cl.[AlH3].[BiH3].[NaH]. The summed E-state index contributed by atoms with van der Waals surface area (Å²) in [5.74, 6) is 0. The van der Waals surface area contributed by atoms with Gasteiger partial charge in [-0.3, -0.25) is 0 Å². The van der Waals surface area contributed by atoms with E-state index in [2.05, 4.69) is 0 Å². The van der Waals surface area contributed by atoms with Crippen LogP contribution in [0.2, 0.25) is 0 Å². The third kappa shape index (κ3) is 8.83. The summed E-state index contributed by atoms with van der Waals surface area (Å²) in [7, 11) is 0. The van der Waals surface area contributed by atoms with Crippen molar-refractivity contribution in [3.8, 4) is 0 Å². The average molecular weight is 302 g/mol. The van der Waals surface area contributed by atoms with Gasteiger partial charge < -0.3 is 0 Å².